The molecule has 27 heavy (non-hydrogen) atoms. The minimum absolute atomic E-state index is 0.643. The molecule has 0 bridgehead atoms. The van der Waals surface area contributed by atoms with Crippen LogP contribution in [-0.4, -0.2) is 29.0 Å². The fourth-order valence-corrected chi connectivity index (χ4v) is 3.08. The van der Waals surface area contributed by atoms with Crippen molar-refractivity contribution in [3.63, 3.8) is 0 Å². The molecule has 0 aliphatic heterocycles. The fraction of sp³-hybridized carbons (Fsp3) is 0.0909. The molecule has 0 unspecified atom stereocenters. The van der Waals surface area contributed by atoms with Crippen LogP contribution in [0.5, 0.6) is 0 Å². The van der Waals surface area contributed by atoms with E-state index in [1.54, 1.807) is 12.4 Å². The van der Waals surface area contributed by atoms with E-state index in [9.17, 15) is 5.26 Å². The Hall–Kier alpha value is -3.78. The predicted molar refractivity (Wildman–Crippen MR) is 107 cm³/mol. The molecule has 0 atom stereocenters. The Balaban J connectivity index is 1.94. The largest absolute Gasteiger partial charge is 0.362 e. The number of hydrogen-bond donors (Lipinski definition) is 0. The second kappa shape index (κ2) is 6.85. The van der Waals surface area contributed by atoms with Crippen molar-refractivity contribution >= 4 is 16.7 Å². The van der Waals surface area contributed by atoms with Crippen molar-refractivity contribution in [2.75, 3.05) is 19.0 Å². The van der Waals surface area contributed by atoms with Crippen molar-refractivity contribution in [1.82, 2.24) is 15.0 Å². The van der Waals surface area contributed by atoms with Gasteiger partial charge in [0.1, 0.15) is 5.82 Å². The highest BCUT2D eigenvalue weighted by Gasteiger charge is 2.13. The highest BCUT2D eigenvalue weighted by molar-refractivity contribution is 5.94. The van der Waals surface area contributed by atoms with E-state index in [0.29, 0.717) is 11.4 Å². The van der Waals surface area contributed by atoms with E-state index < -0.39 is 0 Å². The molecule has 0 amide bonds. The first-order valence-corrected chi connectivity index (χ1v) is 8.56. The maximum atomic E-state index is 9.41. The van der Waals surface area contributed by atoms with E-state index in [4.69, 9.17) is 9.97 Å². The van der Waals surface area contributed by atoms with Crippen LogP contribution < -0.4 is 4.90 Å². The number of anilines is 1. The number of pyridine rings is 1. The van der Waals surface area contributed by atoms with Gasteiger partial charge in [0.25, 0.3) is 0 Å². The van der Waals surface area contributed by atoms with E-state index in [2.05, 4.69) is 11.1 Å². The highest BCUT2D eigenvalue weighted by atomic mass is 15.2. The lowest BCUT2D eigenvalue weighted by Gasteiger charge is -2.16. The first-order valence-electron chi connectivity index (χ1n) is 8.56. The number of rotatable bonds is 3. The minimum atomic E-state index is 0.643. The van der Waals surface area contributed by atoms with Crippen molar-refractivity contribution in [2.45, 2.75) is 0 Å². The van der Waals surface area contributed by atoms with E-state index in [0.717, 1.165) is 33.4 Å². The van der Waals surface area contributed by atoms with Crippen LogP contribution >= 0.6 is 0 Å². The highest BCUT2D eigenvalue weighted by Crippen LogP contribution is 2.31. The molecular weight excluding hydrogens is 334 g/mol. The molecule has 4 rings (SSSR count). The monoisotopic (exact) mass is 351 g/mol. The van der Waals surface area contributed by atoms with Gasteiger partial charge in [0.05, 0.1) is 17.1 Å². The number of nitriles is 1. The van der Waals surface area contributed by atoms with Gasteiger partial charge in [0.15, 0.2) is 5.82 Å². The molecule has 0 saturated carbocycles. The molecule has 0 saturated heterocycles. The van der Waals surface area contributed by atoms with Gasteiger partial charge in [0.2, 0.25) is 0 Å². The molecule has 5 heteroatoms. The molecule has 2 aromatic carbocycles. The van der Waals surface area contributed by atoms with Gasteiger partial charge in [-0.1, -0.05) is 24.3 Å². The molecule has 0 aliphatic rings. The molecule has 0 spiro atoms. The van der Waals surface area contributed by atoms with Crippen LogP contribution in [0.15, 0.2) is 67.0 Å². The van der Waals surface area contributed by atoms with Crippen molar-refractivity contribution < 1.29 is 0 Å². The second-order valence-corrected chi connectivity index (χ2v) is 6.40. The Morgan fingerprint density at radius 1 is 0.926 bits per heavy atom. The van der Waals surface area contributed by atoms with Crippen molar-refractivity contribution in [3.8, 4) is 28.6 Å². The van der Waals surface area contributed by atoms with Gasteiger partial charge in [0, 0.05) is 37.4 Å². The third-order valence-electron chi connectivity index (χ3n) is 4.38. The van der Waals surface area contributed by atoms with E-state index in [1.807, 2.05) is 73.6 Å². The summed E-state index contributed by atoms with van der Waals surface area (Å²) in [6.07, 6.45) is 3.49. The van der Waals surface area contributed by atoms with E-state index in [-0.39, 0.29) is 0 Å². The minimum Gasteiger partial charge on any atom is -0.362 e. The number of aromatic nitrogens is 3. The van der Waals surface area contributed by atoms with Gasteiger partial charge >= 0.3 is 0 Å². The van der Waals surface area contributed by atoms with Crippen molar-refractivity contribution in [1.29, 1.82) is 5.26 Å². The van der Waals surface area contributed by atoms with Crippen LogP contribution in [0.4, 0.5) is 5.82 Å². The summed E-state index contributed by atoms with van der Waals surface area (Å²) < 4.78 is 0. The zero-order valence-corrected chi connectivity index (χ0v) is 15.1. The number of benzene rings is 2. The topological polar surface area (TPSA) is 65.7 Å². The maximum Gasteiger partial charge on any atom is 0.163 e. The first kappa shape index (κ1) is 16.7. The molecule has 0 aliphatic carbocycles. The van der Waals surface area contributed by atoms with Gasteiger partial charge < -0.3 is 4.90 Å². The van der Waals surface area contributed by atoms with Gasteiger partial charge in [-0.2, -0.15) is 5.26 Å². The molecule has 130 valence electrons. The van der Waals surface area contributed by atoms with Crippen LogP contribution in [0.3, 0.4) is 0 Å². The van der Waals surface area contributed by atoms with E-state index in [1.165, 1.54) is 0 Å². The summed E-state index contributed by atoms with van der Waals surface area (Å²) in [5, 5.41) is 10.4. The molecule has 0 fully saturated rings. The summed E-state index contributed by atoms with van der Waals surface area (Å²) in [4.78, 5) is 15.6. The summed E-state index contributed by atoms with van der Waals surface area (Å²) in [6, 6.07) is 19.7. The number of nitrogens with zero attached hydrogens (tertiary/aromatic N) is 5. The molecule has 2 aromatic heterocycles. The number of fused-ring (bicyclic) bond motifs is 1. The lowest BCUT2D eigenvalue weighted by Crippen LogP contribution is -2.12. The predicted octanol–water partition coefficient (Wildman–Crippen LogP) is 4.30. The fourth-order valence-electron chi connectivity index (χ4n) is 3.08. The van der Waals surface area contributed by atoms with Crippen LogP contribution in [0, 0.1) is 11.3 Å². The van der Waals surface area contributed by atoms with Crippen molar-refractivity contribution in [2.24, 2.45) is 0 Å². The molecule has 2 heterocycles. The molecule has 0 radical (unpaired) electrons. The summed E-state index contributed by atoms with van der Waals surface area (Å²) >= 11 is 0. The Labute approximate surface area is 157 Å². The van der Waals surface area contributed by atoms with Crippen LogP contribution in [-0.2, 0) is 0 Å². The normalized spacial score (nSPS) is 10.6. The average Bonchev–Trinajstić information content (AvgIpc) is 2.73. The third kappa shape index (κ3) is 3.09. The SMILES string of the molecule is CN(C)c1nc(-c2cccnc2)nc2ccc(-c3ccccc3C#N)cc12. The van der Waals surface area contributed by atoms with Crippen LogP contribution in [0.1, 0.15) is 5.56 Å². The van der Waals surface area contributed by atoms with Crippen LogP contribution in [0.25, 0.3) is 33.4 Å². The second-order valence-electron chi connectivity index (χ2n) is 6.40. The maximum absolute atomic E-state index is 9.41. The van der Waals surface area contributed by atoms with Crippen molar-refractivity contribution in [3.05, 3.63) is 72.6 Å². The van der Waals surface area contributed by atoms with Gasteiger partial charge in [-0.05, 0) is 41.5 Å². The molecule has 4 aromatic rings. The lowest BCUT2D eigenvalue weighted by molar-refractivity contribution is 1.06. The number of hydrogen-bond acceptors (Lipinski definition) is 5. The smallest absolute Gasteiger partial charge is 0.163 e. The summed E-state index contributed by atoms with van der Waals surface area (Å²) in [5.74, 6) is 1.47. The zero-order chi connectivity index (χ0) is 18.8. The van der Waals surface area contributed by atoms with Gasteiger partial charge in [-0.3, -0.25) is 4.98 Å². The van der Waals surface area contributed by atoms with Gasteiger partial charge in [-0.25, -0.2) is 9.97 Å². The first-order chi connectivity index (χ1) is 13.2. The Morgan fingerprint density at radius 3 is 2.52 bits per heavy atom. The summed E-state index contributed by atoms with van der Waals surface area (Å²) in [5.41, 5.74) is 4.26. The molecule has 0 N–H and O–H groups in total. The third-order valence-corrected chi connectivity index (χ3v) is 4.38. The van der Waals surface area contributed by atoms with Crippen LogP contribution in [0.2, 0.25) is 0 Å². The Kier molecular flexibility index (Phi) is 4.23. The molecular formula is C22H17N5. The Morgan fingerprint density at radius 2 is 1.78 bits per heavy atom. The van der Waals surface area contributed by atoms with Gasteiger partial charge in [-0.15, -0.1) is 0 Å². The quantitative estimate of drug-likeness (QED) is 0.551. The Bertz CT molecular complexity index is 1160. The summed E-state index contributed by atoms with van der Waals surface area (Å²) in [6.45, 7) is 0. The summed E-state index contributed by atoms with van der Waals surface area (Å²) in [7, 11) is 3.93. The average molecular weight is 351 g/mol. The molecule has 5 nitrogen and oxygen atoms in total. The lowest BCUT2D eigenvalue weighted by atomic mass is 9.99. The van der Waals surface area contributed by atoms with E-state index >= 15 is 0 Å². The standard InChI is InChI=1S/C22H17N5/c1-27(2)22-19-12-15(18-8-4-3-6-16(18)13-23)9-10-20(19)25-21(26-22)17-7-5-11-24-14-17/h3-12,14H,1-2H3. The zero-order valence-electron chi connectivity index (χ0n) is 15.1.